The van der Waals surface area contributed by atoms with Crippen molar-refractivity contribution in [2.45, 2.75) is 12.5 Å². The molecule has 0 atom stereocenters. The minimum absolute atomic E-state index is 0.184. The smallest absolute Gasteiger partial charge is 0.236 e. The van der Waals surface area contributed by atoms with E-state index in [4.69, 9.17) is 0 Å². The van der Waals surface area contributed by atoms with E-state index in [0.717, 1.165) is 18.8 Å². The van der Waals surface area contributed by atoms with Crippen molar-refractivity contribution in [1.82, 2.24) is 19.8 Å². The van der Waals surface area contributed by atoms with Crippen molar-refractivity contribution in [1.29, 1.82) is 0 Å². The van der Waals surface area contributed by atoms with Crippen molar-refractivity contribution in [3.05, 3.63) is 60.2 Å². The Morgan fingerprint density at radius 2 is 2.00 bits per heavy atom. The first-order valence-electron chi connectivity index (χ1n) is 7.48. The molecule has 0 bridgehead atoms. The number of likely N-dealkylation sites (N-methyl/N-ethyl adjacent to an activating group) is 1. The normalized spacial score (nSPS) is 14.9. The van der Waals surface area contributed by atoms with Crippen LogP contribution in [0.15, 0.2) is 48.9 Å². The Morgan fingerprint density at radius 3 is 2.68 bits per heavy atom. The van der Waals surface area contributed by atoms with Crippen LogP contribution in [0.3, 0.4) is 0 Å². The number of carbonyl (C=O) groups is 1. The van der Waals surface area contributed by atoms with Gasteiger partial charge in [0.25, 0.3) is 0 Å². The van der Waals surface area contributed by atoms with Crippen molar-refractivity contribution < 1.29 is 4.79 Å². The predicted octanol–water partition coefficient (Wildman–Crippen LogP) is 1.53. The van der Waals surface area contributed by atoms with E-state index in [1.165, 1.54) is 5.56 Å². The van der Waals surface area contributed by atoms with Crippen LogP contribution in [0.4, 0.5) is 0 Å². The summed E-state index contributed by atoms with van der Waals surface area (Å²) in [6.45, 7) is 2.73. The molecule has 0 aliphatic carbocycles. The van der Waals surface area contributed by atoms with Gasteiger partial charge in [0.1, 0.15) is 0 Å². The second-order valence-corrected chi connectivity index (χ2v) is 5.77. The van der Waals surface area contributed by atoms with Crippen molar-refractivity contribution in [3.8, 4) is 0 Å². The highest BCUT2D eigenvalue weighted by Crippen LogP contribution is 2.26. The van der Waals surface area contributed by atoms with Crippen molar-refractivity contribution in [2.75, 3.05) is 26.7 Å². The molecule has 5 nitrogen and oxygen atoms in total. The van der Waals surface area contributed by atoms with Crippen LogP contribution in [-0.2, 0) is 11.3 Å². The zero-order chi connectivity index (χ0) is 15.4. The minimum Gasteiger partial charge on any atom is -0.340 e. The number of likely N-dealkylation sites (tertiary alicyclic amines) is 1. The van der Waals surface area contributed by atoms with Gasteiger partial charge in [-0.15, -0.1) is 0 Å². The average Bonchev–Trinajstić information content (AvgIpc) is 2.47. The molecule has 0 saturated carbocycles. The topological polar surface area (TPSA) is 49.3 Å². The molecule has 0 spiro atoms. The van der Waals surface area contributed by atoms with Crippen molar-refractivity contribution in [3.63, 3.8) is 0 Å². The lowest BCUT2D eigenvalue weighted by Gasteiger charge is -2.40. The maximum absolute atomic E-state index is 12.3. The Labute approximate surface area is 130 Å². The Morgan fingerprint density at radius 1 is 1.23 bits per heavy atom. The zero-order valence-electron chi connectivity index (χ0n) is 12.7. The second-order valence-electron chi connectivity index (χ2n) is 5.77. The van der Waals surface area contributed by atoms with Crippen molar-refractivity contribution in [2.24, 2.45) is 0 Å². The summed E-state index contributed by atoms with van der Waals surface area (Å²) in [7, 11) is 1.95. The Kier molecular flexibility index (Phi) is 4.44. The van der Waals surface area contributed by atoms with Gasteiger partial charge in [-0.3, -0.25) is 19.7 Å². The summed E-state index contributed by atoms with van der Waals surface area (Å²) in [4.78, 5) is 24.5. The largest absolute Gasteiger partial charge is 0.340 e. The van der Waals surface area contributed by atoms with Crippen LogP contribution >= 0.6 is 0 Å². The molecule has 1 aliphatic rings. The molecule has 22 heavy (non-hydrogen) atoms. The van der Waals surface area contributed by atoms with Gasteiger partial charge in [0.2, 0.25) is 5.91 Å². The number of nitrogens with zero attached hydrogens (tertiary/aromatic N) is 4. The molecule has 2 aromatic heterocycles. The van der Waals surface area contributed by atoms with E-state index in [9.17, 15) is 4.79 Å². The van der Waals surface area contributed by atoms with Gasteiger partial charge in [-0.2, -0.15) is 0 Å². The number of aromatic nitrogens is 2. The molecule has 3 heterocycles. The number of carbonyl (C=O) groups excluding carboxylic acids is 1. The average molecular weight is 296 g/mol. The SMILES string of the molecule is CN(CC(=O)N1CC(c2ccncc2)C1)Cc1ccccn1. The van der Waals surface area contributed by atoms with E-state index >= 15 is 0 Å². The van der Waals surface area contributed by atoms with Crippen LogP contribution in [0.5, 0.6) is 0 Å². The quantitative estimate of drug-likeness (QED) is 0.839. The first-order valence-corrected chi connectivity index (χ1v) is 7.48. The third-order valence-corrected chi connectivity index (χ3v) is 3.98. The van der Waals surface area contributed by atoms with E-state index in [2.05, 4.69) is 9.97 Å². The highest BCUT2D eigenvalue weighted by atomic mass is 16.2. The maximum Gasteiger partial charge on any atom is 0.236 e. The lowest BCUT2D eigenvalue weighted by molar-refractivity contribution is -0.136. The molecule has 0 N–H and O–H groups in total. The van der Waals surface area contributed by atoms with E-state index in [1.807, 2.05) is 47.2 Å². The number of amides is 1. The Balaban J connectivity index is 1.46. The molecule has 0 aromatic carbocycles. The summed E-state index contributed by atoms with van der Waals surface area (Å²) in [6.07, 6.45) is 5.39. The van der Waals surface area contributed by atoms with E-state index < -0.39 is 0 Å². The number of hydrogen-bond acceptors (Lipinski definition) is 4. The van der Waals surface area contributed by atoms with Crippen LogP contribution in [0, 0.1) is 0 Å². The molecule has 1 fully saturated rings. The van der Waals surface area contributed by atoms with Gasteiger partial charge in [0.05, 0.1) is 12.2 Å². The second kappa shape index (κ2) is 6.66. The third-order valence-electron chi connectivity index (χ3n) is 3.98. The molecular formula is C17H20N4O. The van der Waals surface area contributed by atoms with Gasteiger partial charge in [-0.25, -0.2) is 0 Å². The van der Waals surface area contributed by atoms with Gasteiger partial charge in [0, 0.05) is 44.1 Å². The Bertz CT molecular complexity index is 611. The number of rotatable bonds is 5. The van der Waals surface area contributed by atoms with Crippen LogP contribution in [0.2, 0.25) is 0 Å². The summed E-state index contributed by atoms with van der Waals surface area (Å²) in [6, 6.07) is 9.89. The summed E-state index contributed by atoms with van der Waals surface area (Å²) in [5, 5.41) is 0. The standard InChI is InChI=1S/C17H20N4O/c1-20(12-16-4-2-3-7-19-16)13-17(22)21-10-15(11-21)14-5-8-18-9-6-14/h2-9,15H,10-13H2,1H3. The summed E-state index contributed by atoms with van der Waals surface area (Å²) < 4.78 is 0. The van der Waals surface area contributed by atoms with E-state index in [1.54, 1.807) is 18.6 Å². The molecule has 2 aromatic rings. The van der Waals surface area contributed by atoms with E-state index in [0.29, 0.717) is 19.0 Å². The first-order chi connectivity index (χ1) is 10.7. The summed E-state index contributed by atoms with van der Waals surface area (Å²) in [5.74, 6) is 0.636. The fraction of sp³-hybridized carbons (Fsp3) is 0.353. The fourth-order valence-corrected chi connectivity index (χ4v) is 2.68. The number of hydrogen-bond donors (Lipinski definition) is 0. The first kappa shape index (κ1) is 14.7. The molecule has 5 heteroatoms. The van der Waals surface area contributed by atoms with E-state index in [-0.39, 0.29) is 5.91 Å². The highest BCUT2D eigenvalue weighted by Gasteiger charge is 2.31. The molecule has 1 aliphatic heterocycles. The molecule has 1 amide bonds. The van der Waals surface area contributed by atoms with Crippen LogP contribution in [0.25, 0.3) is 0 Å². The highest BCUT2D eigenvalue weighted by molar-refractivity contribution is 5.79. The minimum atomic E-state index is 0.184. The maximum atomic E-state index is 12.3. The van der Waals surface area contributed by atoms with Crippen LogP contribution in [0.1, 0.15) is 17.2 Å². The molecule has 1 saturated heterocycles. The molecule has 114 valence electrons. The predicted molar refractivity (Wildman–Crippen MR) is 84.1 cm³/mol. The van der Waals surface area contributed by atoms with Gasteiger partial charge >= 0.3 is 0 Å². The molecule has 0 radical (unpaired) electrons. The zero-order valence-corrected chi connectivity index (χ0v) is 12.7. The van der Waals surface area contributed by atoms with Crippen LogP contribution in [-0.4, -0.2) is 52.4 Å². The van der Waals surface area contributed by atoms with Crippen molar-refractivity contribution >= 4 is 5.91 Å². The lowest BCUT2D eigenvalue weighted by Crippen LogP contribution is -2.51. The summed E-state index contributed by atoms with van der Waals surface area (Å²) >= 11 is 0. The van der Waals surface area contributed by atoms with Gasteiger partial charge in [-0.1, -0.05) is 6.07 Å². The third kappa shape index (κ3) is 3.49. The lowest BCUT2D eigenvalue weighted by atomic mass is 9.92. The fourth-order valence-electron chi connectivity index (χ4n) is 2.68. The van der Waals surface area contributed by atoms with Gasteiger partial charge in [0.15, 0.2) is 0 Å². The molecule has 0 unspecified atom stereocenters. The monoisotopic (exact) mass is 296 g/mol. The van der Waals surface area contributed by atoms with Gasteiger partial charge in [-0.05, 0) is 36.9 Å². The Hall–Kier alpha value is -2.27. The van der Waals surface area contributed by atoms with Crippen LogP contribution < -0.4 is 0 Å². The number of pyridine rings is 2. The molecular weight excluding hydrogens is 276 g/mol. The molecule has 3 rings (SSSR count). The summed E-state index contributed by atoms with van der Waals surface area (Å²) in [5.41, 5.74) is 2.25. The van der Waals surface area contributed by atoms with Gasteiger partial charge < -0.3 is 4.90 Å².